The van der Waals surface area contributed by atoms with Crippen LogP contribution in [0.3, 0.4) is 0 Å². The van der Waals surface area contributed by atoms with Gasteiger partial charge in [-0.15, -0.1) is 0 Å². The highest BCUT2D eigenvalue weighted by Gasteiger charge is 2.47. The lowest BCUT2D eigenvalue weighted by Gasteiger charge is -2.31. The average molecular weight is 268 g/mol. The van der Waals surface area contributed by atoms with E-state index in [2.05, 4.69) is 10.3 Å². The molecule has 1 fully saturated rings. The summed E-state index contributed by atoms with van der Waals surface area (Å²) >= 11 is 0. The van der Waals surface area contributed by atoms with Crippen LogP contribution in [0.4, 0.5) is 0 Å². The van der Waals surface area contributed by atoms with Crippen LogP contribution in [0.1, 0.15) is 41.9 Å². The molecule has 1 saturated heterocycles. The van der Waals surface area contributed by atoms with Gasteiger partial charge in [0.15, 0.2) is 5.78 Å². The number of H-pyrrole nitrogens is 1. The molecule has 0 spiro atoms. The number of aromatic amines is 1. The van der Waals surface area contributed by atoms with Crippen LogP contribution in [0.25, 0.3) is 10.9 Å². The Kier molecular flexibility index (Phi) is 2.31. The van der Waals surface area contributed by atoms with Crippen molar-refractivity contribution in [3.8, 4) is 0 Å². The third-order valence-electron chi connectivity index (χ3n) is 4.75. The largest absolute Gasteiger partial charge is 0.356 e. The standard InChI is InChI=1S/C16H16N2O2/c1-2-8-10-7-12(19)18-14(10)15-13(16(8)20)9-5-3-4-6-11(9)17-15/h3-6,8,10,14,17H,2,7H2,1H3,(H,18,19)/t8-,10-,14-/m0/s1. The van der Waals surface area contributed by atoms with Crippen molar-refractivity contribution >= 4 is 22.6 Å². The number of fused-ring (bicyclic) bond motifs is 5. The van der Waals surface area contributed by atoms with Crippen molar-refractivity contribution < 1.29 is 9.59 Å². The zero-order valence-corrected chi connectivity index (χ0v) is 11.3. The first kappa shape index (κ1) is 11.7. The van der Waals surface area contributed by atoms with Crippen molar-refractivity contribution in [2.24, 2.45) is 11.8 Å². The molecule has 20 heavy (non-hydrogen) atoms. The maximum Gasteiger partial charge on any atom is 0.220 e. The SMILES string of the molecule is CC[C@@H]1C(=O)c2c([nH]c3ccccc23)[C@H]2NC(=O)C[C@@H]12. The van der Waals surface area contributed by atoms with Gasteiger partial charge >= 0.3 is 0 Å². The summed E-state index contributed by atoms with van der Waals surface area (Å²) < 4.78 is 0. The van der Waals surface area contributed by atoms with Gasteiger partial charge < -0.3 is 10.3 Å². The van der Waals surface area contributed by atoms with Crippen molar-refractivity contribution in [1.29, 1.82) is 0 Å². The maximum atomic E-state index is 12.8. The van der Waals surface area contributed by atoms with Crippen LogP contribution in [-0.2, 0) is 4.79 Å². The van der Waals surface area contributed by atoms with Gasteiger partial charge in [0.2, 0.25) is 5.91 Å². The van der Waals surface area contributed by atoms with E-state index >= 15 is 0 Å². The molecule has 1 aromatic heterocycles. The third-order valence-corrected chi connectivity index (χ3v) is 4.75. The Morgan fingerprint density at radius 3 is 2.85 bits per heavy atom. The number of benzene rings is 1. The molecule has 0 bridgehead atoms. The summed E-state index contributed by atoms with van der Waals surface area (Å²) in [4.78, 5) is 27.9. The highest BCUT2D eigenvalue weighted by molar-refractivity contribution is 6.12. The predicted octanol–water partition coefficient (Wildman–Crippen LogP) is 2.57. The van der Waals surface area contributed by atoms with Gasteiger partial charge in [0, 0.05) is 40.4 Å². The molecule has 4 rings (SSSR count). The first-order chi connectivity index (χ1) is 9.70. The molecule has 2 aliphatic rings. The van der Waals surface area contributed by atoms with Gasteiger partial charge in [-0.3, -0.25) is 9.59 Å². The molecule has 1 aliphatic heterocycles. The maximum absolute atomic E-state index is 12.8. The number of aromatic nitrogens is 1. The third kappa shape index (κ3) is 1.36. The number of carbonyl (C=O) groups excluding carboxylic acids is 2. The fourth-order valence-electron chi connectivity index (χ4n) is 3.86. The van der Waals surface area contributed by atoms with E-state index in [1.807, 2.05) is 31.2 Å². The number of para-hydroxylation sites is 1. The van der Waals surface area contributed by atoms with E-state index in [0.29, 0.717) is 6.42 Å². The smallest absolute Gasteiger partial charge is 0.220 e. The number of Topliss-reactive ketones (excluding diaryl/α,β-unsaturated/α-hetero) is 1. The number of hydrogen-bond donors (Lipinski definition) is 2. The van der Waals surface area contributed by atoms with Crippen LogP contribution >= 0.6 is 0 Å². The number of hydrogen-bond acceptors (Lipinski definition) is 2. The van der Waals surface area contributed by atoms with E-state index in [9.17, 15) is 9.59 Å². The van der Waals surface area contributed by atoms with Crippen molar-refractivity contribution in [3.63, 3.8) is 0 Å². The minimum absolute atomic E-state index is 0.0347. The fourth-order valence-corrected chi connectivity index (χ4v) is 3.86. The summed E-state index contributed by atoms with van der Waals surface area (Å²) in [6.07, 6.45) is 1.25. The first-order valence-electron chi connectivity index (χ1n) is 7.15. The Morgan fingerprint density at radius 2 is 2.05 bits per heavy atom. The monoisotopic (exact) mass is 268 g/mol. The highest BCUT2D eigenvalue weighted by atomic mass is 16.2. The summed E-state index contributed by atoms with van der Waals surface area (Å²) in [7, 11) is 0. The summed E-state index contributed by atoms with van der Waals surface area (Å²) in [6.45, 7) is 2.03. The van der Waals surface area contributed by atoms with Gasteiger partial charge in [-0.1, -0.05) is 25.1 Å². The van der Waals surface area contributed by atoms with E-state index in [4.69, 9.17) is 0 Å². The van der Waals surface area contributed by atoms with Crippen LogP contribution in [0.15, 0.2) is 24.3 Å². The lowest BCUT2D eigenvalue weighted by Crippen LogP contribution is -2.35. The molecular formula is C16H16N2O2. The molecular weight excluding hydrogens is 252 g/mol. The van der Waals surface area contributed by atoms with E-state index in [1.165, 1.54) is 0 Å². The van der Waals surface area contributed by atoms with Gasteiger partial charge in [0.1, 0.15) is 0 Å². The first-order valence-corrected chi connectivity index (χ1v) is 7.15. The van der Waals surface area contributed by atoms with E-state index in [1.54, 1.807) is 0 Å². The molecule has 0 unspecified atom stereocenters. The highest BCUT2D eigenvalue weighted by Crippen LogP contribution is 2.46. The van der Waals surface area contributed by atoms with Crippen LogP contribution in [0.2, 0.25) is 0 Å². The predicted molar refractivity (Wildman–Crippen MR) is 75.4 cm³/mol. The molecule has 4 nitrogen and oxygen atoms in total. The second kappa shape index (κ2) is 3.95. The van der Waals surface area contributed by atoms with Crippen LogP contribution in [0.5, 0.6) is 0 Å². The number of rotatable bonds is 1. The molecule has 1 amide bonds. The molecule has 3 atom stereocenters. The van der Waals surface area contributed by atoms with Crippen molar-refractivity contribution in [2.45, 2.75) is 25.8 Å². The quantitative estimate of drug-likeness (QED) is 0.835. The lowest BCUT2D eigenvalue weighted by atomic mass is 9.73. The second-order valence-electron chi connectivity index (χ2n) is 5.75. The Hall–Kier alpha value is -2.10. The summed E-state index contributed by atoms with van der Waals surface area (Å²) in [5.74, 6) is 0.293. The minimum Gasteiger partial charge on any atom is -0.356 e. The van der Waals surface area contributed by atoms with Crippen LogP contribution < -0.4 is 5.32 Å². The topological polar surface area (TPSA) is 62.0 Å². The Bertz CT molecular complexity index is 731. The molecule has 4 heteroatoms. The van der Waals surface area contributed by atoms with E-state index in [-0.39, 0.29) is 29.6 Å². The lowest BCUT2D eigenvalue weighted by molar-refractivity contribution is -0.119. The number of carbonyl (C=O) groups is 2. The summed E-state index contributed by atoms with van der Waals surface area (Å²) in [5.41, 5.74) is 2.66. The molecule has 1 aliphatic carbocycles. The Balaban J connectivity index is 1.99. The zero-order valence-electron chi connectivity index (χ0n) is 11.3. The van der Waals surface area contributed by atoms with Crippen molar-refractivity contribution in [3.05, 3.63) is 35.5 Å². The molecule has 2 heterocycles. The summed E-state index contributed by atoms with van der Waals surface area (Å²) in [5, 5.41) is 4.01. The van der Waals surface area contributed by atoms with E-state index in [0.717, 1.165) is 28.6 Å². The molecule has 1 aromatic carbocycles. The molecule has 2 aromatic rings. The van der Waals surface area contributed by atoms with Gasteiger partial charge in [-0.2, -0.15) is 0 Å². The fraction of sp³-hybridized carbons (Fsp3) is 0.375. The molecule has 0 saturated carbocycles. The van der Waals surface area contributed by atoms with Crippen LogP contribution in [0, 0.1) is 11.8 Å². The Labute approximate surface area is 116 Å². The van der Waals surface area contributed by atoms with Crippen molar-refractivity contribution in [1.82, 2.24) is 10.3 Å². The van der Waals surface area contributed by atoms with E-state index < -0.39 is 0 Å². The molecule has 102 valence electrons. The van der Waals surface area contributed by atoms with Crippen molar-refractivity contribution in [2.75, 3.05) is 0 Å². The molecule has 2 N–H and O–H groups in total. The summed E-state index contributed by atoms with van der Waals surface area (Å²) in [6, 6.07) is 7.83. The second-order valence-corrected chi connectivity index (χ2v) is 5.75. The van der Waals surface area contributed by atoms with Gasteiger partial charge in [0.05, 0.1) is 6.04 Å². The minimum atomic E-state index is -0.0503. The molecule has 0 radical (unpaired) electrons. The zero-order chi connectivity index (χ0) is 13.9. The Morgan fingerprint density at radius 1 is 1.25 bits per heavy atom. The number of ketones is 1. The normalized spacial score (nSPS) is 28.4. The van der Waals surface area contributed by atoms with Gasteiger partial charge in [0.25, 0.3) is 0 Å². The number of nitrogens with one attached hydrogen (secondary N) is 2. The number of amides is 1. The van der Waals surface area contributed by atoms with Gasteiger partial charge in [-0.05, 0) is 12.5 Å². The average Bonchev–Trinajstić information content (AvgIpc) is 2.99. The van der Waals surface area contributed by atoms with Gasteiger partial charge in [-0.25, -0.2) is 0 Å². The van der Waals surface area contributed by atoms with Crippen LogP contribution in [-0.4, -0.2) is 16.7 Å².